The summed E-state index contributed by atoms with van der Waals surface area (Å²) in [6, 6.07) is 15.5. The number of hydrogen-bond donors (Lipinski definition) is 0. The van der Waals surface area contributed by atoms with Gasteiger partial charge in [-0.05, 0) is 61.1 Å². The number of halogens is 2. The highest BCUT2D eigenvalue weighted by Gasteiger charge is 2.50. The van der Waals surface area contributed by atoms with Crippen LogP contribution in [0.3, 0.4) is 0 Å². The molecule has 1 heterocycles. The fraction of sp³-hybridized carbons (Fsp3) is 0.407. The molecule has 0 bridgehead atoms. The molecule has 3 nitrogen and oxygen atoms in total. The zero-order valence-electron chi connectivity index (χ0n) is 18.8. The van der Waals surface area contributed by atoms with Crippen LogP contribution in [0.5, 0.6) is 0 Å². The van der Waals surface area contributed by atoms with Gasteiger partial charge in [0.05, 0.1) is 11.5 Å². The first kappa shape index (κ1) is 24.5. The number of hydrogen-bond acceptors (Lipinski definition) is 2. The number of carbonyl (C=O) groups excluding carboxylic acids is 2. The molecule has 0 N–H and O–H groups in total. The lowest BCUT2D eigenvalue weighted by molar-refractivity contribution is -0.155. The molecule has 0 aromatic heterocycles. The maximum absolute atomic E-state index is 14.0. The van der Waals surface area contributed by atoms with E-state index in [-0.39, 0.29) is 23.9 Å². The number of carbonyl (C=O) groups is 2. The monoisotopic (exact) mass is 471 g/mol. The summed E-state index contributed by atoms with van der Waals surface area (Å²) in [7, 11) is 0. The van der Waals surface area contributed by atoms with Crippen molar-refractivity contribution in [2.45, 2.75) is 64.0 Å². The summed E-state index contributed by atoms with van der Waals surface area (Å²) in [5.74, 6) is 0.163. The van der Waals surface area contributed by atoms with Crippen LogP contribution in [-0.4, -0.2) is 23.1 Å². The maximum Gasteiger partial charge on any atom is 0.229 e. The van der Waals surface area contributed by atoms with Gasteiger partial charge in [-0.3, -0.25) is 4.79 Å². The van der Waals surface area contributed by atoms with Crippen molar-refractivity contribution in [3.8, 4) is 0 Å². The first-order chi connectivity index (χ1) is 15.3. The molecule has 2 aromatic carbocycles. The van der Waals surface area contributed by atoms with Crippen LogP contribution in [-0.2, 0) is 9.59 Å². The van der Waals surface area contributed by atoms with E-state index in [1.807, 2.05) is 60.4 Å². The summed E-state index contributed by atoms with van der Waals surface area (Å²) in [6.45, 7) is 8.03. The SMILES string of the molecule is C=CC[C@@]1(C)CC(c2cccc(Cl)c2)C(c2ccc(Cl)cc2)N(C(CC)CCC=O)C1=O. The van der Waals surface area contributed by atoms with E-state index in [4.69, 9.17) is 23.2 Å². The lowest BCUT2D eigenvalue weighted by Crippen LogP contribution is -2.55. The van der Waals surface area contributed by atoms with E-state index in [1.54, 1.807) is 0 Å². The molecule has 1 aliphatic heterocycles. The third-order valence-corrected chi connectivity index (χ3v) is 7.15. The average Bonchev–Trinajstić information content (AvgIpc) is 2.77. The van der Waals surface area contributed by atoms with Gasteiger partial charge in [-0.2, -0.15) is 0 Å². The number of likely N-dealkylation sites (tertiary alicyclic amines) is 1. The van der Waals surface area contributed by atoms with Gasteiger partial charge in [0.15, 0.2) is 0 Å². The smallest absolute Gasteiger partial charge is 0.229 e. The topological polar surface area (TPSA) is 37.4 Å². The van der Waals surface area contributed by atoms with Crippen LogP contribution in [0.4, 0.5) is 0 Å². The minimum Gasteiger partial charge on any atom is -0.332 e. The van der Waals surface area contributed by atoms with Gasteiger partial charge in [0.1, 0.15) is 6.29 Å². The molecule has 32 heavy (non-hydrogen) atoms. The predicted octanol–water partition coefficient (Wildman–Crippen LogP) is 7.39. The van der Waals surface area contributed by atoms with Crippen LogP contribution in [0.25, 0.3) is 0 Å². The van der Waals surface area contributed by atoms with Gasteiger partial charge in [0.2, 0.25) is 5.91 Å². The second kappa shape index (κ2) is 10.7. The minimum atomic E-state index is -0.577. The second-order valence-corrected chi connectivity index (χ2v) is 9.81. The Kier molecular flexibility index (Phi) is 8.19. The zero-order valence-corrected chi connectivity index (χ0v) is 20.3. The molecule has 2 aromatic rings. The summed E-state index contributed by atoms with van der Waals surface area (Å²) < 4.78 is 0. The van der Waals surface area contributed by atoms with E-state index in [1.165, 1.54) is 0 Å². The fourth-order valence-electron chi connectivity index (χ4n) is 5.09. The highest BCUT2D eigenvalue weighted by Crippen LogP contribution is 2.52. The number of allylic oxidation sites excluding steroid dienone is 1. The Balaban J connectivity index is 2.21. The van der Waals surface area contributed by atoms with Crippen molar-refractivity contribution in [3.05, 3.63) is 82.4 Å². The Morgan fingerprint density at radius 2 is 1.88 bits per heavy atom. The summed E-state index contributed by atoms with van der Waals surface area (Å²) in [4.78, 5) is 27.3. The van der Waals surface area contributed by atoms with Crippen molar-refractivity contribution in [2.75, 3.05) is 0 Å². The second-order valence-electron chi connectivity index (χ2n) is 8.93. The molecule has 5 heteroatoms. The molecule has 1 aliphatic rings. The van der Waals surface area contributed by atoms with Crippen LogP contribution in [0.2, 0.25) is 10.0 Å². The van der Waals surface area contributed by atoms with Crippen LogP contribution in [0.1, 0.15) is 69.0 Å². The van der Waals surface area contributed by atoms with Crippen molar-refractivity contribution < 1.29 is 9.59 Å². The summed E-state index contributed by atoms with van der Waals surface area (Å²) >= 11 is 12.6. The third kappa shape index (κ3) is 5.10. The highest BCUT2D eigenvalue weighted by atomic mass is 35.5. The summed E-state index contributed by atoms with van der Waals surface area (Å²) in [5.41, 5.74) is 1.57. The molecule has 0 spiro atoms. The first-order valence-electron chi connectivity index (χ1n) is 11.2. The Morgan fingerprint density at radius 3 is 2.47 bits per heavy atom. The van der Waals surface area contributed by atoms with Gasteiger partial charge in [0.25, 0.3) is 0 Å². The van der Waals surface area contributed by atoms with Crippen LogP contribution >= 0.6 is 23.2 Å². The normalized spacial score (nSPS) is 24.2. The number of aldehydes is 1. The molecule has 0 aliphatic carbocycles. The first-order valence-corrected chi connectivity index (χ1v) is 12.0. The predicted molar refractivity (Wildman–Crippen MR) is 132 cm³/mol. The lowest BCUT2D eigenvalue weighted by atomic mass is 9.67. The largest absolute Gasteiger partial charge is 0.332 e. The number of rotatable bonds is 9. The average molecular weight is 472 g/mol. The third-order valence-electron chi connectivity index (χ3n) is 6.67. The highest BCUT2D eigenvalue weighted by molar-refractivity contribution is 6.30. The molecule has 1 amide bonds. The summed E-state index contributed by atoms with van der Waals surface area (Å²) in [5, 5.41) is 1.34. The molecule has 1 saturated heterocycles. The molecule has 3 unspecified atom stereocenters. The fourth-order valence-corrected chi connectivity index (χ4v) is 5.41. The van der Waals surface area contributed by atoms with E-state index in [0.717, 1.165) is 23.8 Å². The molecule has 0 radical (unpaired) electrons. The van der Waals surface area contributed by atoms with Gasteiger partial charge >= 0.3 is 0 Å². The number of piperidine rings is 1. The van der Waals surface area contributed by atoms with Gasteiger partial charge < -0.3 is 9.69 Å². The Morgan fingerprint density at radius 1 is 1.16 bits per heavy atom. The minimum absolute atomic E-state index is 0.0421. The van der Waals surface area contributed by atoms with Crippen molar-refractivity contribution in [1.29, 1.82) is 0 Å². The quantitative estimate of drug-likeness (QED) is 0.282. The van der Waals surface area contributed by atoms with Crippen LogP contribution in [0, 0.1) is 5.41 Å². The molecule has 4 atom stereocenters. The Bertz CT molecular complexity index is 958. The van der Waals surface area contributed by atoms with Crippen LogP contribution < -0.4 is 0 Å². The number of nitrogens with zero attached hydrogens (tertiary/aromatic N) is 1. The summed E-state index contributed by atoms with van der Waals surface area (Å²) in [6.07, 6.45) is 5.89. The number of benzene rings is 2. The molecule has 170 valence electrons. The van der Waals surface area contributed by atoms with E-state index < -0.39 is 5.41 Å². The zero-order chi connectivity index (χ0) is 23.3. The van der Waals surface area contributed by atoms with Gasteiger partial charge in [0, 0.05) is 28.4 Å². The van der Waals surface area contributed by atoms with Crippen molar-refractivity contribution in [3.63, 3.8) is 0 Å². The lowest BCUT2D eigenvalue weighted by Gasteiger charge is -2.52. The standard InChI is InChI=1S/C27H31Cl2NO2/c1-4-15-27(3)18-24(20-8-6-9-22(29)17-20)25(19-11-13-21(28)14-12-19)30(26(27)32)23(5-2)10-7-16-31/h4,6,8-9,11-14,16-17,23-25H,1,5,7,10,15,18H2,2-3H3/t23?,24?,25?,27-/m0/s1. The van der Waals surface area contributed by atoms with Crippen LogP contribution in [0.15, 0.2) is 61.2 Å². The van der Waals surface area contributed by atoms with Gasteiger partial charge in [-0.15, -0.1) is 6.58 Å². The van der Waals surface area contributed by atoms with E-state index in [0.29, 0.717) is 35.7 Å². The molecular formula is C27H31Cl2NO2. The van der Waals surface area contributed by atoms with E-state index in [2.05, 4.69) is 19.6 Å². The van der Waals surface area contributed by atoms with Crippen molar-refractivity contribution in [1.82, 2.24) is 4.90 Å². The Labute approximate surface area is 201 Å². The molecular weight excluding hydrogens is 441 g/mol. The van der Waals surface area contributed by atoms with Crippen molar-refractivity contribution in [2.24, 2.45) is 5.41 Å². The van der Waals surface area contributed by atoms with E-state index in [9.17, 15) is 9.59 Å². The molecule has 0 saturated carbocycles. The Hall–Kier alpha value is -2.10. The van der Waals surface area contributed by atoms with Gasteiger partial charge in [-0.1, -0.05) is 67.4 Å². The number of amides is 1. The van der Waals surface area contributed by atoms with Gasteiger partial charge in [-0.25, -0.2) is 0 Å². The maximum atomic E-state index is 14.0. The van der Waals surface area contributed by atoms with Crippen molar-refractivity contribution >= 4 is 35.4 Å². The molecule has 1 fully saturated rings. The molecule has 3 rings (SSSR count). The van der Waals surface area contributed by atoms with E-state index >= 15 is 0 Å².